The van der Waals surface area contributed by atoms with Gasteiger partial charge in [0, 0.05) is 12.0 Å². The molecule has 6 heteroatoms. The summed E-state index contributed by atoms with van der Waals surface area (Å²) >= 11 is 0. The second-order valence-corrected chi connectivity index (χ2v) is 5.95. The first-order chi connectivity index (χ1) is 9.91. The smallest absolute Gasteiger partial charge is 0.360 e. The van der Waals surface area contributed by atoms with Crippen LogP contribution >= 0.6 is 0 Å². The minimum Gasteiger partial charge on any atom is -0.461 e. The van der Waals surface area contributed by atoms with Crippen LogP contribution in [0.1, 0.15) is 63.6 Å². The van der Waals surface area contributed by atoms with E-state index in [2.05, 4.69) is 17.2 Å². The van der Waals surface area contributed by atoms with Crippen molar-refractivity contribution in [3.63, 3.8) is 0 Å². The van der Waals surface area contributed by atoms with E-state index < -0.39 is 5.97 Å². The molecule has 0 saturated carbocycles. The second-order valence-electron chi connectivity index (χ2n) is 5.95. The standard InChI is InChI=1S/C15H27N3O3/c1-6-8-10-20-11-9-18-13(15(3,4)5)12(16-17-18)14(19)21-7-2/h6-11H2,1-5H3. The Morgan fingerprint density at radius 3 is 2.52 bits per heavy atom. The van der Waals surface area contributed by atoms with Crippen molar-refractivity contribution in [1.82, 2.24) is 15.0 Å². The SMILES string of the molecule is CCCCOCCn1nnc(C(=O)OCC)c1C(C)(C)C. The van der Waals surface area contributed by atoms with Gasteiger partial charge in [0.15, 0.2) is 5.69 Å². The van der Waals surface area contributed by atoms with Crippen LogP contribution in [0.4, 0.5) is 0 Å². The van der Waals surface area contributed by atoms with Crippen LogP contribution in [0.15, 0.2) is 0 Å². The summed E-state index contributed by atoms with van der Waals surface area (Å²) in [6.45, 7) is 12.2. The largest absolute Gasteiger partial charge is 0.461 e. The maximum atomic E-state index is 12.0. The van der Waals surface area contributed by atoms with Crippen molar-refractivity contribution in [2.24, 2.45) is 0 Å². The number of carbonyl (C=O) groups excluding carboxylic acids is 1. The summed E-state index contributed by atoms with van der Waals surface area (Å²) in [7, 11) is 0. The first-order valence-corrected chi connectivity index (χ1v) is 7.60. The number of rotatable bonds is 8. The highest BCUT2D eigenvalue weighted by Gasteiger charge is 2.29. The van der Waals surface area contributed by atoms with Crippen molar-refractivity contribution in [3.05, 3.63) is 11.4 Å². The van der Waals surface area contributed by atoms with Gasteiger partial charge in [-0.15, -0.1) is 5.10 Å². The molecule has 0 saturated heterocycles. The molecule has 0 bridgehead atoms. The van der Waals surface area contributed by atoms with E-state index in [0.717, 1.165) is 25.1 Å². The van der Waals surface area contributed by atoms with Gasteiger partial charge in [-0.3, -0.25) is 0 Å². The van der Waals surface area contributed by atoms with Crippen LogP contribution in [0.25, 0.3) is 0 Å². The van der Waals surface area contributed by atoms with E-state index in [9.17, 15) is 4.79 Å². The van der Waals surface area contributed by atoms with Crippen molar-refractivity contribution in [2.75, 3.05) is 19.8 Å². The summed E-state index contributed by atoms with van der Waals surface area (Å²) in [4.78, 5) is 12.0. The van der Waals surface area contributed by atoms with Crippen molar-refractivity contribution in [1.29, 1.82) is 0 Å². The first kappa shape index (κ1) is 17.6. The molecule has 1 aromatic rings. The van der Waals surface area contributed by atoms with Crippen LogP contribution in [0, 0.1) is 0 Å². The van der Waals surface area contributed by atoms with E-state index in [1.165, 1.54) is 0 Å². The van der Waals surface area contributed by atoms with Gasteiger partial charge in [-0.25, -0.2) is 9.48 Å². The molecule has 0 radical (unpaired) electrons. The molecule has 0 aromatic carbocycles. The molecule has 0 N–H and O–H groups in total. The van der Waals surface area contributed by atoms with Gasteiger partial charge in [0.2, 0.25) is 0 Å². The molecule has 1 aromatic heterocycles. The van der Waals surface area contributed by atoms with E-state index in [1.807, 2.05) is 20.8 Å². The average molecular weight is 297 g/mol. The molecule has 0 spiro atoms. The van der Waals surface area contributed by atoms with Crippen LogP contribution in [-0.4, -0.2) is 40.8 Å². The lowest BCUT2D eigenvalue weighted by molar-refractivity contribution is 0.0516. The van der Waals surface area contributed by atoms with E-state index in [1.54, 1.807) is 11.6 Å². The molecule has 1 heterocycles. The number of ether oxygens (including phenoxy) is 2. The van der Waals surface area contributed by atoms with Crippen LogP contribution in [0.2, 0.25) is 0 Å². The van der Waals surface area contributed by atoms with Gasteiger partial charge in [0.25, 0.3) is 0 Å². The fourth-order valence-corrected chi connectivity index (χ4v) is 2.05. The number of hydrogen-bond donors (Lipinski definition) is 0. The number of unbranched alkanes of at least 4 members (excludes halogenated alkanes) is 1. The van der Waals surface area contributed by atoms with Crippen LogP contribution < -0.4 is 0 Å². The van der Waals surface area contributed by atoms with E-state index >= 15 is 0 Å². The zero-order valence-corrected chi connectivity index (χ0v) is 13.8. The third-order valence-corrected chi connectivity index (χ3v) is 3.00. The fourth-order valence-electron chi connectivity index (χ4n) is 2.05. The third-order valence-electron chi connectivity index (χ3n) is 3.00. The second kappa shape index (κ2) is 8.12. The van der Waals surface area contributed by atoms with Gasteiger partial charge in [-0.2, -0.15) is 0 Å². The number of esters is 1. The molecule has 6 nitrogen and oxygen atoms in total. The van der Waals surface area contributed by atoms with Crippen LogP contribution in [0.5, 0.6) is 0 Å². The average Bonchev–Trinajstić information content (AvgIpc) is 2.83. The van der Waals surface area contributed by atoms with Gasteiger partial charge in [0.1, 0.15) is 0 Å². The lowest BCUT2D eigenvalue weighted by atomic mass is 9.90. The Balaban J connectivity index is 2.82. The Bertz CT molecular complexity index is 450. The highest BCUT2D eigenvalue weighted by molar-refractivity contribution is 5.88. The van der Waals surface area contributed by atoms with Crippen LogP contribution in [-0.2, 0) is 21.4 Å². The van der Waals surface area contributed by atoms with Gasteiger partial charge < -0.3 is 9.47 Å². The summed E-state index contributed by atoms with van der Waals surface area (Å²) in [5.41, 5.74) is 0.854. The number of aromatic nitrogens is 3. The molecule has 0 atom stereocenters. The Labute approximate surface area is 126 Å². The molecular formula is C15H27N3O3. The number of hydrogen-bond acceptors (Lipinski definition) is 5. The minimum absolute atomic E-state index is 0.241. The summed E-state index contributed by atoms with van der Waals surface area (Å²) < 4.78 is 12.4. The zero-order valence-electron chi connectivity index (χ0n) is 13.8. The number of nitrogens with zero attached hydrogens (tertiary/aromatic N) is 3. The van der Waals surface area contributed by atoms with E-state index in [-0.39, 0.29) is 5.41 Å². The molecule has 0 unspecified atom stereocenters. The third kappa shape index (κ3) is 5.12. The monoisotopic (exact) mass is 297 g/mol. The molecule has 0 amide bonds. The predicted molar refractivity (Wildman–Crippen MR) is 80.4 cm³/mol. The van der Waals surface area contributed by atoms with Gasteiger partial charge >= 0.3 is 5.97 Å². The summed E-state index contributed by atoms with van der Waals surface area (Å²) in [5.74, 6) is -0.416. The molecule has 1 rings (SSSR count). The van der Waals surface area contributed by atoms with Gasteiger partial charge in [-0.1, -0.05) is 39.3 Å². The molecule has 0 aliphatic rings. The van der Waals surface area contributed by atoms with E-state index in [4.69, 9.17) is 9.47 Å². The van der Waals surface area contributed by atoms with Crippen LogP contribution in [0.3, 0.4) is 0 Å². The van der Waals surface area contributed by atoms with Crippen molar-refractivity contribution in [2.45, 2.75) is 59.4 Å². The molecular weight excluding hydrogens is 270 g/mol. The Kier molecular flexibility index (Phi) is 6.81. The summed E-state index contributed by atoms with van der Waals surface area (Å²) in [6.07, 6.45) is 2.17. The normalized spacial score (nSPS) is 11.7. The van der Waals surface area contributed by atoms with Gasteiger partial charge in [0.05, 0.1) is 25.5 Å². The summed E-state index contributed by atoms with van der Waals surface area (Å²) in [6, 6.07) is 0. The molecule has 21 heavy (non-hydrogen) atoms. The zero-order chi connectivity index (χ0) is 15.9. The lowest BCUT2D eigenvalue weighted by Crippen LogP contribution is -2.23. The quantitative estimate of drug-likeness (QED) is 0.545. The highest BCUT2D eigenvalue weighted by atomic mass is 16.5. The predicted octanol–water partition coefficient (Wildman–Crippen LogP) is 2.57. The minimum atomic E-state index is -0.416. The molecule has 120 valence electrons. The maximum absolute atomic E-state index is 12.0. The Morgan fingerprint density at radius 2 is 1.95 bits per heavy atom. The fraction of sp³-hybridized carbons (Fsp3) is 0.800. The highest BCUT2D eigenvalue weighted by Crippen LogP contribution is 2.25. The topological polar surface area (TPSA) is 66.2 Å². The Morgan fingerprint density at radius 1 is 1.24 bits per heavy atom. The number of carbonyl (C=O) groups is 1. The molecule has 0 aliphatic heterocycles. The summed E-state index contributed by atoms with van der Waals surface area (Å²) in [5, 5.41) is 8.09. The molecule has 0 fully saturated rings. The van der Waals surface area contributed by atoms with E-state index in [0.29, 0.717) is 25.5 Å². The van der Waals surface area contributed by atoms with Gasteiger partial charge in [-0.05, 0) is 13.3 Å². The maximum Gasteiger partial charge on any atom is 0.360 e. The first-order valence-electron chi connectivity index (χ1n) is 7.60. The van der Waals surface area contributed by atoms with Crippen molar-refractivity contribution < 1.29 is 14.3 Å². The van der Waals surface area contributed by atoms with Crippen molar-refractivity contribution in [3.8, 4) is 0 Å². The van der Waals surface area contributed by atoms with Crippen molar-refractivity contribution >= 4 is 5.97 Å². The lowest BCUT2D eigenvalue weighted by Gasteiger charge is -2.20. The Hall–Kier alpha value is -1.43. The molecule has 0 aliphatic carbocycles.